The Balaban J connectivity index is 1.87. The lowest BCUT2D eigenvalue weighted by Crippen LogP contribution is -2.50. The number of benzene rings is 1. The van der Waals surface area contributed by atoms with Gasteiger partial charge in [-0.1, -0.05) is 49.7 Å². The third kappa shape index (κ3) is 7.81. The number of ether oxygens (including phenoxy) is 1. The number of methoxy groups -OCH3 is 1. The van der Waals surface area contributed by atoms with Crippen molar-refractivity contribution in [3.05, 3.63) is 59.3 Å². The van der Waals surface area contributed by atoms with Gasteiger partial charge in [-0.3, -0.25) is 4.79 Å². The zero-order valence-electron chi connectivity index (χ0n) is 17.5. The molecule has 0 saturated carbocycles. The zero-order chi connectivity index (χ0) is 21.2. The van der Waals surface area contributed by atoms with Crippen LogP contribution in [0, 0.1) is 12.8 Å². The van der Waals surface area contributed by atoms with Gasteiger partial charge in [0.25, 0.3) is 0 Å². The summed E-state index contributed by atoms with van der Waals surface area (Å²) in [4.78, 5) is 29.0. The fraction of sp³-hybridized carbons (Fsp3) is 0.409. The molecule has 3 N–H and O–H groups in total. The van der Waals surface area contributed by atoms with Crippen LogP contribution < -0.4 is 20.7 Å². The van der Waals surface area contributed by atoms with Crippen LogP contribution in [0.25, 0.3) is 0 Å². The van der Waals surface area contributed by atoms with Crippen LogP contribution in [-0.4, -0.2) is 30.1 Å². The quantitative estimate of drug-likeness (QED) is 0.606. The minimum absolute atomic E-state index is 0.222. The Morgan fingerprint density at radius 2 is 1.66 bits per heavy atom. The van der Waals surface area contributed by atoms with Crippen molar-refractivity contribution in [1.82, 2.24) is 20.9 Å². The van der Waals surface area contributed by atoms with E-state index in [1.54, 1.807) is 19.4 Å². The molecule has 29 heavy (non-hydrogen) atoms. The van der Waals surface area contributed by atoms with E-state index in [1.165, 1.54) is 5.56 Å². The lowest BCUT2D eigenvalue weighted by atomic mass is 10.0. The van der Waals surface area contributed by atoms with Crippen LogP contribution >= 0.6 is 0 Å². The molecule has 0 radical (unpaired) electrons. The first-order chi connectivity index (χ1) is 13.9. The Morgan fingerprint density at radius 1 is 1.00 bits per heavy atom. The van der Waals surface area contributed by atoms with Crippen molar-refractivity contribution in [2.75, 3.05) is 7.11 Å². The Bertz CT molecular complexity index is 789. The molecule has 0 saturated heterocycles. The summed E-state index contributed by atoms with van der Waals surface area (Å²) in [6.07, 6.45) is 2.20. The van der Waals surface area contributed by atoms with E-state index in [0.29, 0.717) is 25.4 Å². The molecule has 2 rings (SSSR count). The van der Waals surface area contributed by atoms with E-state index in [9.17, 15) is 9.59 Å². The van der Waals surface area contributed by atoms with Crippen LogP contribution in [-0.2, 0) is 17.9 Å². The van der Waals surface area contributed by atoms with Crippen molar-refractivity contribution in [3.8, 4) is 5.88 Å². The smallest absolute Gasteiger partial charge is 0.315 e. The maximum Gasteiger partial charge on any atom is 0.315 e. The first kappa shape index (κ1) is 22.2. The average molecular weight is 399 g/mol. The van der Waals surface area contributed by atoms with Crippen LogP contribution in [0.15, 0.2) is 42.6 Å². The molecule has 0 bridgehead atoms. The monoisotopic (exact) mass is 398 g/mol. The number of amides is 3. The molecule has 3 amide bonds. The zero-order valence-corrected chi connectivity index (χ0v) is 17.5. The maximum absolute atomic E-state index is 12.6. The van der Waals surface area contributed by atoms with Gasteiger partial charge in [-0.2, -0.15) is 0 Å². The van der Waals surface area contributed by atoms with E-state index in [-0.39, 0.29) is 17.9 Å². The van der Waals surface area contributed by atoms with Gasteiger partial charge in [0.1, 0.15) is 6.04 Å². The van der Waals surface area contributed by atoms with Gasteiger partial charge in [-0.25, -0.2) is 9.78 Å². The summed E-state index contributed by atoms with van der Waals surface area (Å²) in [7, 11) is 1.55. The summed E-state index contributed by atoms with van der Waals surface area (Å²) in [5, 5.41) is 8.46. The summed E-state index contributed by atoms with van der Waals surface area (Å²) < 4.78 is 5.03. The van der Waals surface area contributed by atoms with Crippen molar-refractivity contribution >= 4 is 11.9 Å². The number of aryl methyl sites for hydroxylation is 1. The van der Waals surface area contributed by atoms with Crippen molar-refractivity contribution in [2.45, 2.75) is 46.3 Å². The number of nitrogens with zero attached hydrogens (tertiary/aromatic N) is 1. The lowest BCUT2D eigenvalue weighted by Gasteiger charge is -2.20. The molecule has 0 fully saturated rings. The molecule has 7 heteroatoms. The van der Waals surface area contributed by atoms with Gasteiger partial charge in [-0.05, 0) is 30.4 Å². The van der Waals surface area contributed by atoms with Crippen molar-refractivity contribution < 1.29 is 14.3 Å². The highest BCUT2D eigenvalue weighted by Crippen LogP contribution is 2.08. The number of hydrogen-bond donors (Lipinski definition) is 3. The Morgan fingerprint density at radius 3 is 2.24 bits per heavy atom. The molecule has 1 atom stereocenters. The Labute approximate surface area is 172 Å². The predicted molar refractivity (Wildman–Crippen MR) is 112 cm³/mol. The third-order valence-electron chi connectivity index (χ3n) is 4.38. The summed E-state index contributed by atoms with van der Waals surface area (Å²) in [5.41, 5.74) is 3.02. The summed E-state index contributed by atoms with van der Waals surface area (Å²) in [5.74, 6) is 0.551. The highest BCUT2D eigenvalue weighted by molar-refractivity contribution is 5.87. The molecule has 0 aliphatic rings. The first-order valence-electron chi connectivity index (χ1n) is 9.74. The molecule has 1 heterocycles. The molecule has 2 aromatic rings. The maximum atomic E-state index is 12.6. The van der Waals surface area contributed by atoms with Crippen molar-refractivity contribution in [2.24, 2.45) is 5.92 Å². The van der Waals surface area contributed by atoms with Gasteiger partial charge in [0.2, 0.25) is 11.8 Å². The van der Waals surface area contributed by atoms with Gasteiger partial charge in [0.05, 0.1) is 7.11 Å². The third-order valence-corrected chi connectivity index (χ3v) is 4.38. The topological polar surface area (TPSA) is 92.4 Å². The number of nitrogens with one attached hydrogen (secondary N) is 3. The normalized spacial score (nSPS) is 11.6. The second-order valence-electron chi connectivity index (χ2n) is 7.42. The number of carbonyl (C=O) groups excluding carboxylic acids is 2. The number of pyridine rings is 1. The van der Waals surface area contributed by atoms with Crippen LogP contribution in [0.1, 0.15) is 37.0 Å². The van der Waals surface area contributed by atoms with Crippen molar-refractivity contribution in [3.63, 3.8) is 0 Å². The van der Waals surface area contributed by atoms with Gasteiger partial charge >= 0.3 is 6.03 Å². The second kappa shape index (κ2) is 11.0. The van der Waals surface area contributed by atoms with Crippen LogP contribution in [0.2, 0.25) is 0 Å². The fourth-order valence-corrected chi connectivity index (χ4v) is 2.75. The predicted octanol–water partition coefficient (Wildman–Crippen LogP) is 2.93. The number of carbonyl (C=O) groups is 2. The van der Waals surface area contributed by atoms with Crippen LogP contribution in [0.5, 0.6) is 5.88 Å². The van der Waals surface area contributed by atoms with E-state index >= 15 is 0 Å². The molecular formula is C22H30N4O3. The molecule has 1 aromatic heterocycles. The van der Waals surface area contributed by atoms with Crippen molar-refractivity contribution in [1.29, 1.82) is 0 Å². The summed E-state index contributed by atoms with van der Waals surface area (Å²) >= 11 is 0. The van der Waals surface area contributed by atoms with E-state index in [1.807, 2.05) is 51.1 Å². The largest absolute Gasteiger partial charge is 0.481 e. The number of rotatable bonds is 9. The SMILES string of the molecule is COc1ccc(CNC(=O)C(CC(C)C)NC(=O)NCc2ccc(C)cc2)cn1. The van der Waals surface area contributed by atoms with E-state index in [2.05, 4.69) is 20.9 Å². The average Bonchev–Trinajstić information content (AvgIpc) is 2.71. The van der Waals surface area contributed by atoms with Crippen LogP contribution in [0.4, 0.5) is 4.79 Å². The summed E-state index contributed by atoms with van der Waals surface area (Å²) in [6, 6.07) is 10.5. The van der Waals surface area contributed by atoms with E-state index < -0.39 is 6.04 Å². The van der Waals surface area contributed by atoms with Gasteiger partial charge in [-0.15, -0.1) is 0 Å². The highest BCUT2D eigenvalue weighted by Gasteiger charge is 2.21. The molecule has 0 aliphatic heterocycles. The minimum atomic E-state index is -0.612. The number of urea groups is 1. The molecular weight excluding hydrogens is 368 g/mol. The number of aromatic nitrogens is 1. The molecule has 0 spiro atoms. The van der Waals surface area contributed by atoms with Gasteiger partial charge in [0.15, 0.2) is 0 Å². The van der Waals surface area contributed by atoms with Gasteiger partial charge < -0.3 is 20.7 Å². The fourth-order valence-electron chi connectivity index (χ4n) is 2.75. The minimum Gasteiger partial charge on any atom is -0.481 e. The molecule has 156 valence electrons. The standard InChI is InChI=1S/C22H30N4O3/c1-15(2)11-19(21(27)24-14-18-9-10-20(29-4)23-13-18)26-22(28)25-12-17-7-5-16(3)6-8-17/h5-10,13,15,19H,11-12,14H2,1-4H3,(H,24,27)(H2,25,26,28). The molecule has 1 aromatic carbocycles. The molecule has 1 unspecified atom stereocenters. The van der Waals surface area contributed by atoms with Gasteiger partial charge in [0, 0.05) is 25.4 Å². The molecule has 7 nitrogen and oxygen atoms in total. The highest BCUT2D eigenvalue weighted by atomic mass is 16.5. The second-order valence-corrected chi connectivity index (χ2v) is 7.42. The van der Waals surface area contributed by atoms with Crippen LogP contribution in [0.3, 0.4) is 0 Å². The summed E-state index contributed by atoms with van der Waals surface area (Å²) in [6.45, 7) is 6.77. The lowest BCUT2D eigenvalue weighted by molar-refractivity contribution is -0.123. The number of hydrogen-bond acceptors (Lipinski definition) is 4. The van der Waals surface area contributed by atoms with E-state index in [0.717, 1.165) is 11.1 Å². The van der Waals surface area contributed by atoms with E-state index in [4.69, 9.17) is 4.74 Å². The molecule has 0 aliphatic carbocycles. The first-order valence-corrected chi connectivity index (χ1v) is 9.74. The Hall–Kier alpha value is -3.09. The Kier molecular flexibility index (Phi) is 8.45.